The lowest BCUT2D eigenvalue weighted by atomic mass is 10.1. The lowest BCUT2D eigenvalue weighted by Gasteiger charge is -2.10. The molecule has 0 bridgehead atoms. The zero-order chi connectivity index (χ0) is 16.5. The molecule has 1 aliphatic rings. The molecule has 1 aliphatic heterocycles. The quantitative estimate of drug-likeness (QED) is 0.297. The summed E-state index contributed by atoms with van der Waals surface area (Å²) >= 11 is 0. The Labute approximate surface area is 145 Å². The number of unbranched alkanes of at least 4 members (excludes halogenated alkanes) is 1. The molecule has 2 rings (SSSR count). The van der Waals surface area contributed by atoms with E-state index in [2.05, 4.69) is 0 Å². The molecule has 0 unspecified atom stereocenters. The molecule has 1 fully saturated rings. The average Bonchev–Trinajstić information content (AvgIpc) is 3.06. The fourth-order valence-corrected chi connectivity index (χ4v) is 5.34. The first-order chi connectivity index (χ1) is 11.2. The molecule has 6 heteroatoms. The van der Waals surface area contributed by atoms with Gasteiger partial charge in [-0.25, -0.2) is 4.79 Å². The van der Waals surface area contributed by atoms with Crippen LogP contribution in [-0.4, -0.2) is 29.5 Å². The van der Waals surface area contributed by atoms with Gasteiger partial charge < -0.3 is 9.47 Å². The van der Waals surface area contributed by atoms with Crippen molar-refractivity contribution in [1.29, 1.82) is 0 Å². The highest BCUT2D eigenvalue weighted by Gasteiger charge is 2.17. The van der Waals surface area contributed by atoms with Gasteiger partial charge in [0, 0.05) is 17.4 Å². The number of carbonyl (C=O) groups is 2. The number of hydrogen-bond donors (Lipinski definition) is 0. The molecule has 126 valence electrons. The van der Waals surface area contributed by atoms with E-state index in [1.165, 1.54) is 12.2 Å². The molecule has 1 aromatic rings. The maximum absolute atomic E-state index is 12.0. The van der Waals surface area contributed by atoms with E-state index in [1.807, 2.05) is 21.6 Å². The van der Waals surface area contributed by atoms with Crippen molar-refractivity contribution in [3.8, 4) is 5.75 Å². The van der Waals surface area contributed by atoms with Gasteiger partial charge in [-0.3, -0.25) is 4.79 Å². The summed E-state index contributed by atoms with van der Waals surface area (Å²) < 4.78 is 10.3. The van der Waals surface area contributed by atoms with Crippen LogP contribution in [0.25, 0.3) is 0 Å². The van der Waals surface area contributed by atoms with E-state index >= 15 is 0 Å². The van der Waals surface area contributed by atoms with E-state index in [1.54, 1.807) is 31.2 Å². The molecular formula is C17H22O4S2. The molecule has 0 aliphatic carbocycles. The number of carbonyl (C=O) groups excluding carboxylic acids is 2. The Kier molecular flexibility index (Phi) is 7.82. The van der Waals surface area contributed by atoms with Crippen molar-refractivity contribution in [2.75, 3.05) is 12.4 Å². The number of esters is 2. The normalized spacial score (nSPS) is 17.0. The monoisotopic (exact) mass is 354 g/mol. The topological polar surface area (TPSA) is 52.6 Å². The van der Waals surface area contributed by atoms with Crippen molar-refractivity contribution in [3.05, 3.63) is 29.8 Å². The van der Waals surface area contributed by atoms with Gasteiger partial charge in [0.25, 0.3) is 0 Å². The Morgan fingerprint density at radius 3 is 2.83 bits per heavy atom. The number of benzene rings is 1. The van der Waals surface area contributed by atoms with Crippen LogP contribution in [0.1, 0.15) is 49.4 Å². The van der Waals surface area contributed by atoms with Crippen molar-refractivity contribution in [2.45, 2.75) is 44.3 Å². The maximum Gasteiger partial charge on any atom is 0.341 e. The molecule has 0 saturated carbocycles. The smallest absolute Gasteiger partial charge is 0.341 e. The summed E-state index contributed by atoms with van der Waals surface area (Å²) in [5.74, 6) is 0.753. The van der Waals surface area contributed by atoms with Gasteiger partial charge >= 0.3 is 11.9 Å². The lowest BCUT2D eigenvalue weighted by molar-refractivity contribution is -0.134. The number of para-hydroxylation sites is 1. The van der Waals surface area contributed by atoms with E-state index in [-0.39, 0.29) is 11.7 Å². The molecular weight excluding hydrogens is 332 g/mol. The third-order valence-electron chi connectivity index (χ3n) is 3.49. The van der Waals surface area contributed by atoms with Crippen LogP contribution in [0.15, 0.2) is 24.3 Å². The fourth-order valence-electron chi connectivity index (χ4n) is 2.31. The van der Waals surface area contributed by atoms with E-state index in [0.29, 0.717) is 18.6 Å². The molecule has 4 nitrogen and oxygen atoms in total. The molecule has 1 aromatic carbocycles. The first kappa shape index (κ1) is 18.2. The lowest BCUT2D eigenvalue weighted by Crippen LogP contribution is -2.12. The summed E-state index contributed by atoms with van der Waals surface area (Å²) in [6.45, 7) is 2.03. The van der Waals surface area contributed by atoms with Gasteiger partial charge in [0.1, 0.15) is 11.3 Å². The Hall–Kier alpha value is -1.14. The van der Waals surface area contributed by atoms with Gasteiger partial charge in [0.2, 0.25) is 0 Å². The molecule has 0 amide bonds. The van der Waals surface area contributed by atoms with Crippen molar-refractivity contribution in [1.82, 2.24) is 0 Å². The van der Waals surface area contributed by atoms with E-state index in [0.717, 1.165) is 24.5 Å². The highest BCUT2D eigenvalue weighted by molar-refractivity contribution is 8.77. The van der Waals surface area contributed by atoms with Crippen LogP contribution < -0.4 is 4.74 Å². The van der Waals surface area contributed by atoms with Crippen LogP contribution in [0.5, 0.6) is 5.75 Å². The fraction of sp³-hybridized carbons (Fsp3) is 0.529. The Morgan fingerprint density at radius 2 is 2.09 bits per heavy atom. The van der Waals surface area contributed by atoms with Crippen LogP contribution in [0.4, 0.5) is 0 Å². The zero-order valence-corrected chi connectivity index (χ0v) is 14.9. The van der Waals surface area contributed by atoms with Crippen molar-refractivity contribution < 1.29 is 19.1 Å². The number of ether oxygens (including phenoxy) is 2. The summed E-state index contributed by atoms with van der Waals surface area (Å²) in [4.78, 5) is 23.8. The second-order valence-corrected chi connectivity index (χ2v) is 8.05. The summed E-state index contributed by atoms with van der Waals surface area (Å²) in [5.41, 5.74) is 0.294. The van der Waals surface area contributed by atoms with Gasteiger partial charge in [-0.15, -0.1) is 0 Å². The highest BCUT2D eigenvalue weighted by atomic mass is 33.1. The molecule has 0 radical (unpaired) electrons. The van der Waals surface area contributed by atoms with E-state index in [9.17, 15) is 9.59 Å². The average molecular weight is 354 g/mol. The van der Waals surface area contributed by atoms with Crippen molar-refractivity contribution in [2.24, 2.45) is 0 Å². The molecule has 0 spiro atoms. The maximum atomic E-state index is 12.0. The van der Waals surface area contributed by atoms with Crippen LogP contribution in [0.2, 0.25) is 0 Å². The predicted molar refractivity (Wildman–Crippen MR) is 95.0 cm³/mol. The molecule has 1 heterocycles. The Balaban J connectivity index is 1.77. The minimum atomic E-state index is -0.466. The van der Waals surface area contributed by atoms with Crippen molar-refractivity contribution in [3.63, 3.8) is 0 Å². The van der Waals surface area contributed by atoms with Crippen LogP contribution >= 0.6 is 21.6 Å². The van der Waals surface area contributed by atoms with Gasteiger partial charge in [-0.05, 0) is 38.3 Å². The van der Waals surface area contributed by atoms with Gasteiger partial charge in [0.15, 0.2) is 0 Å². The molecule has 1 saturated heterocycles. The Morgan fingerprint density at radius 1 is 1.26 bits per heavy atom. The molecule has 1 atom stereocenters. The summed E-state index contributed by atoms with van der Waals surface area (Å²) in [6, 6.07) is 6.69. The highest BCUT2D eigenvalue weighted by Crippen LogP contribution is 2.39. The van der Waals surface area contributed by atoms with Gasteiger partial charge in [0.05, 0.1) is 6.61 Å². The number of hydrogen-bond acceptors (Lipinski definition) is 6. The molecule has 23 heavy (non-hydrogen) atoms. The molecule has 0 aromatic heterocycles. The first-order valence-corrected chi connectivity index (χ1v) is 10.3. The van der Waals surface area contributed by atoms with E-state index < -0.39 is 5.97 Å². The summed E-state index contributed by atoms with van der Waals surface area (Å²) in [5, 5.41) is 0.737. The summed E-state index contributed by atoms with van der Waals surface area (Å²) in [7, 11) is 3.90. The van der Waals surface area contributed by atoms with Crippen LogP contribution in [0, 0.1) is 0 Å². The van der Waals surface area contributed by atoms with Crippen LogP contribution in [0.3, 0.4) is 0 Å². The second kappa shape index (κ2) is 9.88. The van der Waals surface area contributed by atoms with Gasteiger partial charge in [-0.2, -0.15) is 0 Å². The SMILES string of the molecule is CCOC(=O)c1ccccc1OC(=O)CCCC[C@@H]1CCSS1. The van der Waals surface area contributed by atoms with Crippen LogP contribution in [-0.2, 0) is 9.53 Å². The minimum absolute atomic E-state index is 0.277. The van der Waals surface area contributed by atoms with Crippen molar-refractivity contribution >= 4 is 33.5 Å². The number of rotatable bonds is 8. The predicted octanol–water partition coefficient (Wildman–Crippen LogP) is 4.48. The third kappa shape index (κ3) is 6.11. The third-order valence-corrected chi connectivity index (χ3v) is 6.50. The zero-order valence-electron chi connectivity index (χ0n) is 13.3. The van der Waals surface area contributed by atoms with E-state index in [4.69, 9.17) is 9.47 Å². The largest absolute Gasteiger partial charge is 0.462 e. The standard InChI is InChI=1S/C17H22O4S2/c1-2-20-17(19)14-8-4-5-9-15(14)21-16(18)10-6-3-7-13-11-12-22-23-13/h4-5,8-9,13H,2-3,6-7,10-12H2,1H3/t13-/m1/s1. The summed E-state index contributed by atoms with van der Waals surface area (Å²) in [6.07, 6.45) is 4.66. The molecule has 0 N–H and O–H groups in total. The Bertz CT molecular complexity index is 527. The second-order valence-electron chi connectivity index (χ2n) is 5.27. The first-order valence-electron chi connectivity index (χ1n) is 7.95. The van der Waals surface area contributed by atoms with Gasteiger partial charge in [-0.1, -0.05) is 40.1 Å². The minimum Gasteiger partial charge on any atom is -0.462 e.